The highest BCUT2D eigenvalue weighted by molar-refractivity contribution is 5.78. The van der Waals surface area contributed by atoms with Crippen LogP contribution in [0.25, 0.3) is 22.6 Å². The molecule has 0 unspecified atom stereocenters. The molecule has 2 aliphatic heterocycles. The van der Waals surface area contributed by atoms with E-state index in [0.29, 0.717) is 18.8 Å². The number of likely N-dealkylation sites (tertiary alicyclic amines) is 1. The number of aromatic nitrogens is 3. The van der Waals surface area contributed by atoms with Crippen molar-refractivity contribution in [1.82, 2.24) is 19.9 Å². The monoisotopic (exact) mass is 392 g/mol. The number of carboxylic acid groups (broad SMARTS) is 1. The number of rotatable bonds is 3. The molecule has 2 aromatic heterocycles. The van der Waals surface area contributed by atoms with Crippen LogP contribution in [0, 0.1) is 0 Å². The lowest BCUT2D eigenvalue weighted by molar-refractivity contribution is 0.131. The average molecular weight is 392 g/mol. The highest BCUT2D eigenvalue weighted by Crippen LogP contribution is 2.39. The lowest BCUT2D eigenvalue weighted by atomic mass is 9.96. The molecule has 5 rings (SSSR count). The molecule has 0 aliphatic carbocycles. The third kappa shape index (κ3) is 3.26. The second-order valence-corrected chi connectivity index (χ2v) is 7.17. The molecule has 2 N–H and O–H groups in total. The number of benzene rings is 1. The van der Waals surface area contributed by atoms with E-state index in [-0.39, 0.29) is 12.7 Å². The van der Waals surface area contributed by atoms with Gasteiger partial charge in [0.1, 0.15) is 5.82 Å². The van der Waals surface area contributed by atoms with Crippen molar-refractivity contribution in [2.75, 3.05) is 19.9 Å². The van der Waals surface area contributed by atoms with Gasteiger partial charge in [-0.1, -0.05) is 6.07 Å². The fraction of sp³-hybridized carbons (Fsp3) is 0.286. The molecule has 1 amide bonds. The first-order chi connectivity index (χ1) is 14.2. The van der Waals surface area contributed by atoms with Gasteiger partial charge in [0.05, 0.1) is 17.1 Å². The van der Waals surface area contributed by atoms with Gasteiger partial charge in [0, 0.05) is 30.8 Å². The Kier molecular flexibility index (Phi) is 4.31. The predicted molar refractivity (Wildman–Crippen MR) is 105 cm³/mol. The Morgan fingerprint density at radius 3 is 2.72 bits per heavy atom. The molecular weight excluding hydrogens is 372 g/mol. The topological polar surface area (TPSA) is 101 Å². The second-order valence-electron chi connectivity index (χ2n) is 7.17. The van der Waals surface area contributed by atoms with Gasteiger partial charge in [-0.3, -0.25) is 4.98 Å². The summed E-state index contributed by atoms with van der Waals surface area (Å²) >= 11 is 0. The number of amides is 1. The number of ether oxygens (including phenoxy) is 2. The zero-order valence-corrected chi connectivity index (χ0v) is 15.7. The Balaban J connectivity index is 1.53. The fourth-order valence-corrected chi connectivity index (χ4v) is 3.88. The van der Waals surface area contributed by atoms with Gasteiger partial charge in [-0.25, -0.2) is 9.78 Å². The van der Waals surface area contributed by atoms with Crippen LogP contribution in [0.2, 0.25) is 0 Å². The maximum absolute atomic E-state index is 11.2. The molecule has 0 radical (unpaired) electrons. The van der Waals surface area contributed by atoms with Crippen LogP contribution in [0.4, 0.5) is 4.79 Å². The summed E-state index contributed by atoms with van der Waals surface area (Å²) in [5, 5.41) is 9.19. The van der Waals surface area contributed by atoms with Crippen molar-refractivity contribution in [1.29, 1.82) is 0 Å². The summed E-state index contributed by atoms with van der Waals surface area (Å²) in [5.41, 5.74) is 3.38. The summed E-state index contributed by atoms with van der Waals surface area (Å²) in [6.07, 6.45) is 2.37. The number of nitrogens with zero attached hydrogens (tertiary/aromatic N) is 3. The largest absolute Gasteiger partial charge is 0.465 e. The molecule has 4 heterocycles. The minimum atomic E-state index is -0.863. The number of aromatic amines is 1. The van der Waals surface area contributed by atoms with Crippen LogP contribution in [0.15, 0.2) is 42.6 Å². The number of pyridine rings is 1. The number of fused-ring (bicyclic) bond motifs is 1. The van der Waals surface area contributed by atoms with Crippen molar-refractivity contribution in [3.63, 3.8) is 0 Å². The van der Waals surface area contributed by atoms with Gasteiger partial charge in [-0.2, -0.15) is 0 Å². The fourth-order valence-electron chi connectivity index (χ4n) is 3.88. The van der Waals surface area contributed by atoms with Crippen LogP contribution < -0.4 is 9.47 Å². The van der Waals surface area contributed by atoms with Crippen LogP contribution in [0.1, 0.15) is 24.6 Å². The summed E-state index contributed by atoms with van der Waals surface area (Å²) in [6.45, 7) is 1.25. The highest BCUT2D eigenvalue weighted by Gasteiger charge is 2.27. The number of hydrogen-bond donors (Lipinski definition) is 2. The van der Waals surface area contributed by atoms with Gasteiger partial charge in [-0.15, -0.1) is 0 Å². The van der Waals surface area contributed by atoms with E-state index in [1.807, 2.05) is 36.4 Å². The van der Waals surface area contributed by atoms with E-state index >= 15 is 0 Å². The molecule has 0 atom stereocenters. The number of carbonyl (C=O) groups is 1. The van der Waals surface area contributed by atoms with Crippen LogP contribution >= 0.6 is 0 Å². The Bertz CT molecular complexity index is 1040. The van der Waals surface area contributed by atoms with E-state index in [0.717, 1.165) is 47.1 Å². The van der Waals surface area contributed by atoms with E-state index in [1.165, 1.54) is 4.90 Å². The molecular formula is C21H20N4O4. The van der Waals surface area contributed by atoms with Gasteiger partial charge < -0.3 is 24.5 Å². The normalized spacial score (nSPS) is 16.2. The molecule has 8 heteroatoms. The molecule has 1 aromatic carbocycles. The van der Waals surface area contributed by atoms with Crippen molar-refractivity contribution >= 4 is 6.09 Å². The first-order valence-corrected chi connectivity index (χ1v) is 9.58. The summed E-state index contributed by atoms with van der Waals surface area (Å²) in [4.78, 5) is 25.5. The Morgan fingerprint density at radius 1 is 1.14 bits per heavy atom. The first-order valence-electron chi connectivity index (χ1n) is 9.58. The number of H-pyrrole nitrogens is 1. The van der Waals surface area contributed by atoms with Crippen LogP contribution in [-0.4, -0.2) is 50.9 Å². The summed E-state index contributed by atoms with van der Waals surface area (Å²) in [6, 6.07) is 11.6. The zero-order valence-electron chi connectivity index (χ0n) is 15.7. The molecule has 3 aromatic rings. The Morgan fingerprint density at radius 2 is 1.97 bits per heavy atom. The molecule has 29 heavy (non-hydrogen) atoms. The molecule has 0 saturated carbocycles. The molecule has 1 fully saturated rings. The maximum Gasteiger partial charge on any atom is 0.407 e. The first kappa shape index (κ1) is 17.5. The molecule has 2 aliphatic rings. The van der Waals surface area contributed by atoms with Gasteiger partial charge in [0.25, 0.3) is 0 Å². The molecule has 0 bridgehead atoms. The zero-order chi connectivity index (χ0) is 19.8. The number of hydrogen-bond acceptors (Lipinski definition) is 5. The third-order valence-corrected chi connectivity index (χ3v) is 5.44. The van der Waals surface area contributed by atoms with Crippen molar-refractivity contribution in [3.05, 3.63) is 48.4 Å². The summed E-state index contributed by atoms with van der Waals surface area (Å²) in [5.74, 6) is 2.47. The molecule has 8 nitrogen and oxygen atoms in total. The Labute approximate surface area is 167 Å². The van der Waals surface area contributed by atoms with Crippen molar-refractivity contribution < 1.29 is 19.4 Å². The number of piperidine rings is 1. The minimum absolute atomic E-state index is 0.177. The Hall–Kier alpha value is -3.55. The number of imidazole rings is 1. The van der Waals surface area contributed by atoms with E-state index in [2.05, 4.69) is 9.97 Å². The SMILES string of the molecule is O=C(O)N1CCC(c2nc(-c3ccc4c(c3)OCO4)c(-c3ccccn3)[nH]2)CC1. The van der Waals surface area contributed by atoms with Crippen LogP contribution in [-0.2, 0) is 0 Å². The van der Waals surface area contributed by atoms with Crippen molar-refractivity contribution in [2.45, 2.75) is 18.8 Å². The standard InChI is InChI=1S/C21H20N4O4/c26-21(27)25-9-6-13(7-10-25)20-23-18(19(24-20)15-3-1-2-8-22-15)14-4-5-16-17(11-14)29-12-28-16/h1-5,8,11,13H,6-7,9-10,12H2,(H,23,24)(H,26,27). The minimum Gasteiger partial charge on any atom is -0.465 e. The van der Waals surface area contributed by atoms with Crippen LogP contribution in [0.3, 0.4) is 0 Å². The maximum atomic E-state index is 11.2. The van der Waals surface area contributed by atoms with Crippen molar-refractivity contribution in [3.8, 4) is 34.1 Å². The lowest BCUT2D eigenvalue weighted by Crippen LogP contribution is -2.37. The third-order valence-electron chi connectivity index (χ3n) is 5.44. The molecule has 148 valence electrons. The van der Waals surface area contributed by atoms with Crippen molar-refractivity contribution in [2.24, 2.45) is 0 Å². The number of nitrogens with one attached hydrogen (secondary N) is 1. The quantitative estimate of drug-likeness (QED) is 0.704. The lowest BCUT2D eigenvalue weighted by Gasteiger charge is -2.28. The molecule has 1 saturated heterocycles. The molecule has 0 spiro atoms. The van der Waals surface area contributed by atoms with E-state index in [1.54, 1.807) is 6.20 Å². The smallest absolute Gasteiger partial charge is 0.407 e. The predicted octanol–water partition coefficient (Wildman–Crippen LogP) is 3.72. The summed E-state index contributed by atoms with van der Waals surface area (Å²) in [7, 11) is 0. The van der Waals surface area contributed by atoms with E-state index in [4.69, 9.17) is 14.5 Å². The van der Waals surface area contributed by atoms with E-state index in [9.17, 15) is 9.90 Å². The van der Waals surface area contributed by atoms with E-state index < -0.39 is 6.09 Å². The highest BCUT2D eigenvalue weighted by atomic mass is 16.7. The average Bonchev–Trinajstić information content (AvgIpc) is 3.41. The summed E-state index contributed by atoms with van der Waals surface area (Å²) < 4.78 is 10.9. The van der Waals surface area contributed by atoms with Gasteiger partial charge in [0.2, 0.25) is 6.79 Å². The second kappa shape index (κ2) is 7.12. The van der Waals surface area contributed by atoms with Gasteiger partial charge >= 0.3 is 6.09 Å². The van der Waals surface area contributed by atoms with Crippen LogP contribution in [0.5, 0.6) is 11.5 Å². The van der Waals surface area contributed by atoms with Gasteiger partial charge in [0.15, 0.2) is 11.5 Å². The van der Waals surface area contributed by atoms with Gasteiger partial charge in [-0.05, 0) is 43.2 Å².